The molecule has 1 saturated carbocycles. The van der Waals surface area contributed by atoms with Gasteiger partial charge in [0.05, 0.1) is 0 Å². The Morgan fingerprint density at radius 1 is 1.36 bits per heavy atom. The quantitative estimate of drug-likeness (QED) is 0.670. The fourth-order valence-corrected chi connectivity index (χ4v) is 2.88. The number of guanidine groups is 1. The van der Waals surface area contributed by atoms with Crippen molar-refractivity contribution < 1.29 is 9.21 Å². The summed E-state index contributed by atoms with van der Waals surface area (Å²) in [6.45, 7) is 0. The molecule has 1 aromatic carbocycles. The minimum absolute atomic E-state index is 0.0166. The smallest absolute Gasteiger partial charge is 0.325 e. The van der Waals surface area contributed by atoms with E-state index in [-0.39, 0.29) is 17.9 Å². The number of carbonyl (C=O) groups excluding carboxylic acids is 1. The Morgan fingerprint density at radius 3 is 2.91 bits per heavy atom. The van der Waals surface area contributed by atoms with E-state index in [0.29, 0.717) is 23.4 Å². The van der Waals surface area contributed by atoms with Crippen LogP contribution in [0.5, 0.6) is 0 Å². The van der Waals surface area contributed by atoms with Crippen molar-refractivity contribution in [3.05, 3.63) is 24.3 Å². The van der Waals surface area contributed by atoms with Gasteiger partial charge in [0.15, 0.2) is 5.58 Å². The summed E-state index contributed by atoms with van der Waals surface area (Å²) in [6.07, 6.45) is 6.44. The van der Waals surface area contributed by atoms with E-state index in [4.69, 9.17) is 10.2 Å². The number of nitrogens with two attached hydrogens (primary N) is 1. The van der Waals surface area contributed by atoms with E-state index in [1.165, 1.54) is 25.7 Å². The number of nitrogens with zero attached hydrogens (tertiary/aromatic N) is 2. The highest BCUT2D eigenvalue weighted by atomic mass is 16.4. The summed E-state index contributed by atoms with van der Waals surface area (Å²) in [5.74, 6) is 0.591. The predicted molar refractivity (Wildman–Crippen MR) is 84.6 cm³/mol. The second-order valence-corrected chi connectivity index (χ2v) is 5.70. The third-order valence-electron chi connectivity index (χ3n) is 4.02. The van der Waals surface area contributed by atoms with E-state index in [0.717, 1.165) is 6.42 Å². The Morgan fingerprint density at radius 2 is 2.14 bits per heavy atom. The van der Waals surface area contributed by atoms with Gasteiger partial charge in [0.2, 0.25) is 11.9 Å². The van der Waals surface area contributed by atoms with Gasteiger partial charge >= 0.3 is 6.01 Å². The highest BCUT2D eigenvalue weighted by Crippen LogP contribution is 2.28. The molecule has 1 aliphatic rings. The molecule has 6 heteroatoms. The Kier molecular flexibility index (Phi) is 4.37. The fourth-order valence-electron chi connectivity index (χ4n) is 2.88. The zero-order chi connectivity index (χ0) is 15.4. The van der Waals surface area contributed by atoms with E-state index < -0.39 is 0 Å². The average Bonchev–Trinajstić information content (AvgIpc) is 3.13. The van der Waals surface area contributed by atoms with Gasteiger partial charge < -0.3 is 10.2 Å². The van der Waals surface area contributed by atoms with Gasteiger partial charge in [-0.1, -0.05) is 37.8 Å². The van der Waals surface area contributed by atoms with Crippen LogP contribution in [0, 0.1) is 5.92 Å². The minimum atomic E-state index is -0.107. The largest absolute Gasteiger partial charge is 0.422 e. The zero-order valence-corrected chi connectivity index (χ0v) is 12.4. The first-order valence-electron chi connectivity index (χ1n) is 7.70. The molecule has 116 valence electrons. The van der Waals surface area contributed by atoms with Crippen LogP contribution >= 0.6 is 0 Å². The van der Waals surface area contributed by atoms with Gasteiger partial charge in [-0.25, -0.2) is 0 Å². The maximum Gasteiger partial charge on any atom is 0.325 e. The molecule has 0 saturated heterocycles. The van der Waals surface area contributed by atoms with Crippen molar-refractivity contribution in [2.75, 3.05) is 0 Å². The normalized spacial score (nSPS) is 16.3. The van der Waals surface area contributed by atoms with Crippen molar-refractivity contribution in [3.63, 3.8) is 0 Å². The third kappa shape index (κ3) is 3.63. The summed E-state index contributed by atoms with van der Waals surface area (Å²) in [7, 11) is 0. The van der Waals surface area contributed by atoms with Crippen LogP contribution in [-0.2, 0) is 4.79 Å². The van der Waals surface area contributed by atoms with Gasteiger partial charge in [-0.05, 0) is 24.5 Å². The number of fused-ring (bicyclic) bond motifs is 1. The first-order valence-corrected chi connectivity index (χ1v) is 7.70. The molecule has 22 heavy (non-hydrogen) atoms. The van der Waals surface area contributed by atoms with Gasteiger partial charge in [0, 0.05) is 6.42 Å². The third-order valence-corrected chi connectivity index (χ3v) is 4.02. The van der Waals surface area contributed by atoms with Crippen molar-refractivity contribution in [2.45, 2.75) is 38.5 Å². The monoisotopic (exact) mass is 300 g/mol. The van der Waals surface area contributed by atoms with Crippen LogP contribution in [0.3, 0.4) is 0 Å². The number of amides is 1. The molecule has 1 fully saturated rings. The van der Waals surface area contributed by atoms with Gasteiger partial charge in [-0.3, -0.25) is 10.1 Å². The number of aliphatic imine (C=N–C) groups is 1. The van der Waals surface area contributed by atoms with Crippen LogP contribution < -0.4 is 11.1 Å². The summed E-state index contributed by atoms with van der Waals surface area (Å²) >= 11 is 0. The first kappa shape index (κ1) is 14.6. The number of rotatable bonds is 4. The molecule has 1 aliphatic carbocycles. The number of hydrogen-bond acceptors (Lipinski definition) is 4. The van der Waals surface area contributed by atoms with Crippen molar-refractivity contribution in [3.8, 4) is 0 Å². The van der Waals surface area contributed by atoms with Crippen LogP contribution in [-0.4, -0.2) is 16.9 Å². The van der Waals surface area contributed by atoms with E-state index in [2.05, 4.69) is 15.3 Å². The Bertz CT molecular complexity index is 653. The van der Waals surface area contributed by atoms with Crippen LogP contribution in [0.25, 0.3) is 11.1 Å². The number of oxazole rings is 1. The van der Waals surface area contributed by atoms with Crippen LogP contribution in [0.1, 0.15) is 38.5 Å². The van der Waals surface area contributed by atoms with E-state index in [1.807, 2.05) is 18.2 Å². The molecule has 1 aromatic heterocycles. The van der Waals surface area contributed by atoms with Gasteiger partial charge in [-0.15, -0.1) is 0 Å². The molecule has 0 unspecified atom stereocenters. The highest BCUT2D eigenvalue weighted by Gasteiger charge is 2.16. The van der Waals surface area contributed by atoms with Crippen molar-refractivity contribution >= 4 is 29.0 Å². The van der Waals surface area contributed by atoms with Gasteiger partial charge in [0.25, 0.3) is 0 Å². The van der Waals surface area contributed by atoms with Crippen molar-refractivity contribution in [2.24, 2.45) is 16.6 Å². The Hall–Kier alpha value is -2.37. The summed E-state index contributed by atoms with van der Waals surface area (Å²) in [6, 6.07) is 7.50. The lowest BCUT2D eigenvalue weighted by Gasteiger charge is -2.08. The Balaban J connectivity index is 1.55. The molecule has 0 radical (unpaired) electrons. The highest BCUT2D eigenvalue weighted by molar-refractivity contribution is 5.96. The number of carbonyl (C=O) groups is 1. The summed E-state index contributed by atoms with van der Waals surface area (Å²) in [4.78, 5) is 20.0. The van der Waals surface area contributed by atoms with Crippen molar-refractivity contribution in [1.29, 1.82) is 0 Å². The molecule has 0 atom stereocenters. The minimum Gasteiger partial charge on any atom is -0.422 e. The lowest BCUT2D eigenvalue weighted by molar-refractivity contribution is -0.120. The number of nitrogens with one attached hydrogen (secondary N) is 1. The SMILES string of the molecule is NC(=Nc1nc2ccccc2o1)NC(=O)CCC1CCCC1. The van der Waals surface area contributed by atoms with Crippen LogP contribution in [0.15, 0.2) is 33.7 Å². The number of para-hydroxylation sites is 2. The molecule has 3 rings (SSSR count). The summed E-state index contributed by atoms with van der Waals surface area (Å²) in [5.41, 5.74) is 7.08. The predicted octanol–water partition coefficient (Wildman–Crippen LogP) is 2.86. The molecule has 2 aromatic rings. The van der Waals surface area contributed by atoms with E-state index in [1.54, 1.807) is 6.07 Å². The molecule has 6 nitrogen and oxygen atoms in total. The molecule has 3 N–H and O–H groups in total. The average molecular weight is 300 g/mol. The summed E-state index contributed by atoms with van der Waals surface area (Å²) in [5, 5.41) is 2.59. The van der Waals surface area contributed by atoms with E-state index >= 15 is 0 Å². The second-order valence-electron chi connectivity index (χ2n) is 5.70. The zero-order valence-electron chi connectivity index (χ0n) is 12.4. The number of aromatic nitrogens is 1. The standard InChI is InChI=1S/C16H20N4O2/c17-15(19-14(21)10-9-11-5-1-2-6-11)20-16-18-12-7-3-4-8-13(12)22-16/h3-4,7-8,11H,1-2,5-6,9-10H2,(H3,17,18,19,20,21). The lowest BCUT2D eigenvalue weighted by atomic mass is 10.0. The first-order chi connectivity index (χ1) is 10.7. The number of benzene rings is 1. The summed E-state index contributed by atoms with van der Waals surface area (Å²) < 4.78 is 5.43. The maximum absolute atomic E-state index is 11.8. The second kappa shape index (κ2) is 6.60. The van der Waals surface area contributed by atoms with Crippen LogP contribution in [0.4, 0.5) is 6.01 Å². The van der Waals surface area contributed by atoms with E-state index in [9.17, 15) is 4.79 Å². The van der Waals surface area contributed by atoms with Crippen LogP contribution in [0.2, 0.25) is 0 Å². The lowest BCUT2D eigenvalue weighted by Crippen LogP contribution is -2.36. The maximum atomic E-state index is 11.8. The molecule has 1 heterocycles. The van der Waals surface area contributed by atoms with Gasteiger partial charge in [0.1, 0.15) is 5.52 Å². The van der Waals surface area contributed by atoms with Gasteiger partial charge in [-0.2, -0.15) is 9.98 Å². The molecular weight excluding hydrogens is 280 g/mol. The Labute approximate surface area is 128 Å². The molecule has 0 spiro atoms. The topological polar surface area (TPSA) is 93.5 Å². The molecule has 0 bridgehead atoms. The van der Waals surface area contributed by atoms with Crippen molar-refractivity contribution in [1.82, 2.24) is 10.3 Å². The molecule has 0 aliphatic heterocycles. The molecule has 1 amide bonds. The fraction of sp³-hybridized carbons (Fsp3) is 0.438. The number of hydrogen-bond donors (Lipinski definition) is 2. The molecular formula is C16H20N4O2.